The fraction of sp³-hybridized carbons (Fsp3) is 0.636. The number of Topliss-reactive ketones (excluding diaryl/α,β-unsaturated/α-hetero) is 1. The first-order valence-electron chi connectivity index (χ1n) is 9.80. The number of carbonyl (C=O) groups is 2. The van der Waals surface area contributed by atoms with Crippen LogP contribution in [0.5, 0.6) is 0 Å². The van der Waals surface area contributed by atoms with E-state index >= 15 is 0 Å². The third kappa shape index (κ3) is 5.69. The molecular weight excluding hydrogens is 310 g/mol. The highest BCUT2D eigenvalue weighted by Crippen LogP contribution is 2.29. The van der Waals surface area contributed by atoms with Gasteiger partial charge in [-0.3, -0.25) is 9.59 Å². The summed E-state index contributed by atoms with van der Waals surface area (Å²) in [5, 5.41) is 0. The molecule has 0 aromatic heterocycles. The third-order valence-electron chi connectivity index (χ3n) is 5.19. The number of hydrogen-bond donors (Lipinski definition) is 0. The predicted octanol–water partition coefficient (Wildman–Crippen LogP) is 5.06. The van der Waals surface area contributed by atoms with Crippen molar-refractivity contribution >= 4 is 11.7 Å². The molecule has 0 radical (unpaired) electrons. The Hall–Kier alpha value is -1.64. The second-order valence-corrected chi connectivity index (χ2v) is 8.09. The molecule has 0 aliphatic carbocycles. The van der Waals surface area contributed by atoms with E-state index < -0.39 is 0 Å². The maximum Gasteiger partial charge on any atom is 0.222 e. The van der Waals surface area contributed by atoms with Gasteiger partial charge in [-0.1, -0.05) is 52.3 Å². The van der Waals surface area contributed by atoms with Gasteiger partial charge in [0, 0.05) is 31.0 Å². The topological polar surface area (TPSA) is 37.4 Å². The predicted molar refractivity (Wildman–Crippen MR) is 103 cm³/mol. The standard InChI is InChI=1S/C22H33NO2/c1-16(2)7-5-10-21(24)23-13-11-18(12-14-23)19-8-6-9-20(15-19)22(25)17(3)4/h6,8-9,15-18H,5,7,10-14H2,1-4H3. The Morgan fingerprint density at radius 2 is 1.80 bits per heavy atom. The normalized spacial score (nSPS) is 15.8. The summed E-state index contributed by atoms with van der Waals surface area (Å²) in [5.41, 5.74) is 2.07. The van der Waals surface area contributed by atoms with Crippen molar-refractivity contribution < 1.29 is 9.59 Å². The zero-order chi connectivity index (χ0) is 18.4. The largest absolute Gasteiger partial charge is 0.343 e. The second-order valence-electron chi connectivity index (χ2n) is 8.09. The van der Waals surface area contributed by atoms with Gasteiger partial charge in [0.05, 0.1) is 0 Å². The Morgan fingerprint density at radius 1 is 1.12 bits per heavy atom. The highest BCUT2D eigenvalue weighted by atomic mass is 16.2. The molecule has 3 nitrogen and oxygen atoms in total. The number of hydrogen-bond acceptors (Lipinski definition) is 2. The maximum atomic E-state index is 12.3. The first kappa shape index (κ1) is 19.7. The molecule has 1 fully saturated rings. The summed E-state index contributed by atoms with van der Waals surface area (Å²) in [7, 11) is 0. The van der Waals surface area contributed by atoms with Gasteiger partial charge in [0.25, 0.3) is 0 Å². The van der Waals surface area contributed by atoms with Crippen LogP contribution in [0.15, 0.2) is 24.3 Å². The molecule has 1 aliphatic heterocycles. The number of likely N-dealkylation sites (tertiary alicyclic amines) is 1. The summed E-state index contributed by atoms with van der Waals surface area (Å²) in [4.78, 5) is 26.6. The van der Waals surface area contributed by atoms with Gasteiger partial charge in [0.1, 0.15) is 0 Å². The number of nitrogens with zero attached hydrogens (tertiary/aromatic N) is 1. The lowest BCUT2D eigenvalue weighted by atomic mass is 9.87. The average Bonchev–Trinajstić information content (AvgIpc) is 2.60. The molecule has 1 saturated heterocycles. The van der Waals surface area contributed by atoms with Gasteiger partial charge in [0.15, 0.2) is 5.78 Å². The minimum Gasteiger partial charge on any atom is -0.343 e. The molecule has 0 N–H and O–H groups in total. The van der Waals surface area contributed by atoms with Crippen LogP contribution in [0.3, 0.4) is 0 Å². The summed E-state index contributed by atoms with van der Waals surface area (Å²) in [6, 6.07) is 8.10. The lowest BCUT2D eigenvalue weighted by Crippen LogP contribution is -2.37. The molecule has 0 spiro atoms. The van der Waals surface area contributed by atoms with E-state index in [4.69, 9.17) is 0 Å². The Bertz CT molecular complexity index is 583. The van der Waals surface area contributed by atoms with Crippen LogP contribution in [0, 0.1) is 11.8 Å². The van der Waals surface area contributed by atoms with Crippen molar-refractivity contribution in [1.82, 2.24) is 4.90 Å². The SMILES string of the molecule is CC(C)CCCC(=O)N1CCC(c2cccc(C(=O)C(C)C)c2)CC1. The molecule has 2 rings (SSSR count). The molecule has 1 heterocycles. The number of benzene rings is 1. The maximum absolute atomic E-state index is 12.3. The van der Waals surface area contributed by atoms with Crippen molar-refractivity contribution in [2.75, 3.05) is 13.1 Å². The molecule has 0 saturated carbocycles. The van der Waals surface area contributed by atoms with E-state index in [0.29, 0.717) is 24.2 Å². The van der Waals surface area contributed by atoms with Gasteiger partial charge in [-0.25, -0.2) is 0 Å². The zero-order valence-corrected chi connectivity index (χ0v) is 16.3. The van der Waals surface area contributed by atoms with E-state index in [0.717, 1.165) is 44.3 Å². The Morgan fingerprint density at radius 3 is 2.40 bits per heavy atom. The molecule has 1 aliphatic rings. The summed E-state index contributed by atoms with van der Waals surface area (Å²) < 4.78 is 0. The molecule has 0 unspecified atom stereocenters. The lowest BCUT2D eigenvalue weighted by molar-refractivity contribution is -0.132. The molecule has 0 bridgehead atoms. The Kier molecular flexibility index (Phi) is 7.22. The lowest BCUT2D eigenvalue weighted by Gasteiger charge is -2.32. The first-order valence-corrected chi connectivity index (χ1v) is 9.80. The Labute approximate surface area is 152 Å². The van der Waals surface area contributed by atoms with Crippen LogP contribution in [-0.4, -0.2) is 29.7 Å². The number of piperidine rings is 1. The molecule has 0 atom stereocenters. The van der Waals surface area contributed by atoms with Crippen LogP contribution in [-0.2, 0) is 4.79 Å². The molecule has 25 heavy (non-hydrogen) atoms. The van der Waals surface area contributed by atoms with Crippen LogP contribution in [0.25, 0.3) is 0 Å². The number of carbonyl (C=O) groups excluding carboxylic acids is 2. The summed E-state index contributed by atoms with van der Waals surface area (Å²) in [6.07, 6.45) is 4.79. The molecule has 1 aromatic carbocycles. The molecule has 1 amide bonds. The fourth-order valence-electron chi connectivity index (χ4n) is 3.56. The highest BCUT2D eigenvalue weighted by Gasteiger charge is 2.24. The molecule has 1 aromatic rings. The zero-order valence-electron chi connectivity index (χ0n) is 16.3. The van der Waals surface area contributed by atoms with Crippen molar-refractivity contribution in [2.45, 2.75) is 65.7 Å². The van der Waals surface area contributed by atoms with E-state index in [9.17, 15) is 9.59 Å². The second kappa shape index (κ2) is 9.17. The minimum absolute atomic E-state index is 0.0283. The van der Waals surface area contributed by atoms with Crippen LogP contribution in [0.2, 0.25) is 0 Å². The van der Waals surface area contributed by atoms with Gasteiger partial charge in [0.2, 0.25) is 5.91 Å². The van der Waals surface area contributed by atoms with E-state index in [1.54, 1.807) is 0 Å². The smallest absolute Gasteiger partial charge is 0.222 e. The van der Waals surface area contributed by atoms with Crippen molar-refractivity contribution in [1.29, 1.82) is 0 Å². The van der Waals surface area contributed by atoms with E-state index in [2.05, 4.69) is 26.0 Å². The molecule has 138 valence electrons. The van der Waals surface area contributed by atoms with Gasteiger partial charge in [-0.2, -0.15) is 0 Å². The number of rotatable bonds is 7. The summed E-state index contributed by atoms with van der Waals surface area (Å²) in [6.45, 7) is 9.97. The van der Waals surface area contributed by atoms with Crippen molar-refractivity contribution in [3.8, 4) is 0 Å². The van der Waals surface area contributed by atoms with Crippen LogP contribution < -0.4 is 0 Å². The van der Waals surface area contributed by atoms with Gasteiger partial charge in [-0.15, -0.1) is 0 Å². The summed E-state index contributed by atoms with van der Waals surface area (Å²) in [5.74, 6) is 1.67. The molecule has 3 heteroatoms. The molecular formula is C22H33NO2. The van der Waals surface area contributed by atoms with Crippen LogP contribution >= 0.6 is 0 Å². The van der Waals surface area contributed by atoms with Crippen molar-refractivity contribution in [3.63, 3.8) is 0 Å². The summed E-state index contributed by atoms with van der Waals surface area (Å²) >= 11 is 0. The van der Waals surface area contributed by atoms with Crippen LogP contribution in [0.1, 0.15) is 81.6 Å². The minimum atomic E-state index is 0.0283. The van der Waals surface area contributed by atoms with Gasteiger partial charge >= 0.3 is 0 Å². The van der Waals surface area contributed by atoms with E-state index in [1.165, 1.54) is 5.56 Å². The van der Waals surface area contributed by atoms with E-state index in [1.807, 2.05) is 30.9 Å². The first-order chi connectivity index (χ1) is 11.9. The van der Waals surface area contributed by atoms with Crippen molar-refractivity contribution in [2.24, 2.45) is 11.8 Å². The quantitative estimate of drug-likeness (QED) is 0.649. The van der Waals surface area contributed by atoms with Gasteiger partial charge in [-0.05, 0) is 42.7 Å². The number of amides is 1. The highest BCUT2D eigenvalue weighted by molar-refractivity contribution is 5.97. The monoisotopic (exact) mass is 343 g/mol. The van der Waals surface area contributed by atoms with Gasteiger partial charge < -0.3 is 4.90 Å². The third-order valence-corrected chi connectivity index (χ3v) is 5.19. The Balaban J connectivity index is 1.88. The average molecular weight is 344 g/mol. The van der Waals surface area contributed by atoms with E-state index in [-0.39, 0.29) is 11.7 Å². The van der Waals surface area contributed by atoms with Crippen LogP contribution in [0.4, 0.5) is 0 Å². The number of ketones is 1. The fourth-order valence-corrected chi connectivity index (χ4v) is 3.56. The van der Waals surface area contributed by atoms with Crippen molar-refractivity contribution in [3.05, 3.63) is 35.4 Å².